The van der Waals surface area contributed by atoms with Gasteiger partial charge in [0.2, 0.25) is 0 Å². The second-order valence-electron chi connectivity index (χ2n) is 3.52. The number of hydrogen-bond donors (Lipinski definition) is 1. The fourth-order valence-corrected chi connectivity index (χ4v) is 2.99. The SMILES string of the molecule is IN1CCC2(CCNC2)C1. The minimum atomic E-state index is 0.668. The summed E-state index contributed by atoms with van der Waals surface area (Å²) in [4.78, 5) is 0. The summed E-state index contributed by atoms with van der Waals surface area (Å²) in [7, 11) is 0. The van der Waals surface area contributed by atoms with Crippen molar-refractivity contribution in [2.24, 2.45) is 5.41 Å². The molecular weight excluding hydrogens is 239 g/mol. The van der Waals surface area contributed by atoms with Gasteiger partial charge in [-0.1, -0.05) is 0 Å². The van der Waals surface area contributed by atoms with Gasteiger partial charge >= 0.3 is 0 Å². The summed E-state index contributed by atoms with van der Waals surface area (Å²) in [5.41, 5.74) is 0.668. The van der Waals surface area contributed by atoms with E-state index in [4.69, 9.17) is 0 Å². The predicted molar refractivity (Wildman–Crippen MR) is 50.1 cm³/mol. The first kappa shape index (κ1) is 7.31. The highest BCUT2D eigenvalue weighted by Crippen LogP contribution is 2.37. The molecule has 1 spiro atoms. The molecule has 1 unspecified atom stereocenters. The maximum absolute atomic E-state index is 3.45. The zero-order valence-corrected chi connectivity index (χ0v) is 8.23. The van der Waals surface area contributed by atoms with Crippen LogP contribution >= 0.6 is 22.9 Å². The summed E-state index contributed by atoms with van der Waals surface area (Å²) in [6.07, 6.45) is 2.80. The maximum Gasteiger partial charge on any atom is 0.0201 e. The Morgan fingerprint density at radius 2 is 2.30 bits per heavy atom. The molecule has 2 rings (SSSR count). The van der Waals surface area contributed by atoms with Crippen LogP contribution in [0.15, 0.2) is 0 Å². The molecule has 3 heteroatoms. The molecule has 0 saturated carbocycles. The van der Waals surface area contributed by atoms with Gasteiger partial charge in [-0.25, -0.2) is 3.11 Å². The third-order valence-electron chi connectivity index (χ3n) is 2.72. The van der Waals surface area contributed by atoms with Crippen molar-refractivity contribution in [1.29, 1.82) is 0 Å². The largest absolute Gasteiger partial charge is 0.316 e. The molecule has 1 N–H and O–H groups in total. The number of hydrogen-bond acceptors (Lipinski definition) is 2. The fraction of sp³-hybridized carbons (Fsp3) is 1.00. The van der Waals surface area contributed by atoms with E-state index in [2.05, 4.69) is 31.3 Å². The van der Waals surface area contributed by atoms with E-state index in [1.54, 1.807) is 0 Å². The summed E-state index contributed by atoms with van der Waals surface area (Å²) < 4.78 is 2.42. The Bertz CT molecular complexity index is 132. The van der Waals surface area contributed by atoms with Gasteiger partial charge in [-0.15, -0.1) is 0 Å². The van der Waals surface area contributed by atoms with Gasteiger partial charge in [0.1, 0.15) is 0 Å². The van der Waals surface area contributed by atoms with Gasteiger partial charge in [0.25, 0.3) is 0 Å². The first-order valence-electron chi connectivity index (χ1n) is 3.92. The van der Waals surface area contributed by atoms with Crippen LogP contribution in [0.4, 0.5) is 0 Å². The normalized spacial score (nSPS) is 41.7. The van der Waals surface area contributed by atoms with Gasteiger partial charge in [-0.3, -0.25) is 0 Å². The van der Waals surface area contributed by atoms with E-state index in [0.29, 0.717) is 5.41 Å². The smallest absolute Gasteiger partial charge is 0.0201 e. The molecule has 2 heterocycles. The van der Waals surface area contributed by atoms with Crippen LogP contribution in [0.3, 0.4) is 0 Å². The van der Waals surface area contributed by atoms with Crippen molar-refractivity contribution in [3.8, 4) is 0 Å². The zero-order valence-electron chi connectivity index (χ0n) is 6.07. The van der Waals surface area contributed by atoms with Crippen LogP contribution in [-0.2, 0) is 0 Å². The van der Waals surface area contributed by atoms with Gasteiger partial charge in [0.15, 0.2) is 0 Å². The Balaban J connectivity index is 2.03. The Kier molecular flexibility index (Phi) is 1.90. The molecule has 0 aromatic carbocycles. The van der Waals surface area contributed by atoms with Gasteiger partial charge in [0.05, 0.1) is 0 Å². The lowest BCUT2D eigenvalue weighted by Gasteiger charge is -2.19. The van der Waals surface area contributed by atoms with Gasteiger partial charge in [0, 0.05) is 42.5 Å². The van der Waals surface area contributed by atoms with E-state index in [0.717, 1.165) is 0 Å². The second kappa shape index (κ2) is 2.60. The average Bonchev–Trinajstić information content (AvgIpc) is 2.46. The quantitative estimate of drug-likeness (QED) is 0.511. The van der Waals surface area contributed by atoms with Crippen LogP contribution < -0.4 is 5.32 Å². The minimum absolute atomic E-state index is 0.668. The molecule has 10 heavy (non-hydrogen) atoms. The van der Waals surface area contributed by atoms with Crippen LogP contribution in [0.1, 0.15) is 12.8 Å². The number of halogens is 1. The van der Waals surface area contributed by atoms with E-state index in [1.807, 2.05) is 0 Å². The minimum Gasteiger partial charge on any atom is -0.316 e. The van der Waals surface area contributed by atoms with Crippen molar-refractivity contribution in [2.45, 2.75) is 12.8 Å². The van der Waals surface area contributed by atoms with Gasteiger partial charge < -0.3 is 5.32 Å². The van der Waals surface area contributed by atoms with Crippen LogP contribution in [0.25, 0.3) is 0 Å². The Morgan fingerprint density at radius 1 is 1.40 bits per heavy atom. The first-order chi connectivity index (χ1) is 4.81. The lowest BCUT2D eigenvalue weighted by Crippen LogP contribution is -2.25. The predicted octanol–water partition coefficient (Wildman–Crippen LogP) is 1.02. The summed E-state index contributed by atoms with van der Waals surface area (Å²) in [6, 6.07) is 0. The molecular formula is C7H13IN2. The molecule has 0 aromatic heterocycles. The molecule has 1 atom stereocenters. The number of rotatable bonds is 0. The topological polar surface area (TPSA) is 15.3 Å². The van der Waals surface area contributed by atoms with E-state index in [1.165, 1.54) is 39.0 Å². The molecule has 2 saturated heterocycles. The standard InChI is InChI=1S/C7H13IN2/c8-10-4-2-7(6-10)1-3-9-5-7/h9H,1-6H2. The van der Waals surface area contributed by atoms with Gasteiger partial charge in [-0.2, -0.15) is 0 Å². The molecule has 2 fully saturated rings. The lowest BCUT2D eigenvalue weighted by atomic mass is 9.87. The highest BCUT2D eigenvalue weighted by atomic mass is 127. The molecule has 58 valence electrons. The molecule has 0 bridgehead atoms. The summed E-state index contributed by atoms with van der Waals surface area (Å²) in [6.45, 7) is 5.10. The molecule has 0 aromatic rings. The highest BCUT2D eigenvalue weighted by molar-refractivity contribution is 14.1. The van der Waals surface area contributed by atoms with Crippen molar-refractivity contribution < 1.29 is 0 Å². The molecule has 0 aliphatic carbocycles. The van der Waals surface area contributed by atoms with Crippen molar-refractivity contribution in [3.05, 3.63) is 0 Å². The van der Waals surface area contributed by atoms with E-state index in [-0.39, 0.29) is 0 Å². The molecule has 0 amide bonds. The monoisotopic (exact) mass is 252 g/mol. The summed E-state index contributed by atoms with van der Waals surface area (Å²) in [5, 5.41) is 3.45. The average molecular weight is 252 g/mol. The second-order valence-corrected chi connectivity index (χ2v) is 4.89. The zero-order chi connectivity index (χ0) is 7.03. The van der Waals surface area contributed by atoms with Crippen molar-refractivity contribution in [3.63, 3.8) is 0 Å². The lowest BCUT2D eigenvalue weighted by molar-refractivity contribution is 0.351. The Morgan fingerprint density at radius 3 is 2.80 bits per heavy atom. The first-order valence-corrected chi connectivity index (χ1v) is 4.89. The van der Waals surface area contributed by atoms with Gasteiger partial charge in [-0.05, 0) is 24.8 Å². The molecule has 2 aliphatic heterocycles. The Labute approximate surface area is 75.8 Å². The summed E-state index contributed by atoms with van der Waals surface area (Å²) in [5.74, 6) is 0. The number of nitrogens with zero attached hydrogens (tertiary/aromatic N) is 1. The van der Waals surface area contributed by atoms with Crippen molar-refractivity contribution in [2.75, 3.05) is 26.2 Å². The van der Waals surface area contributed by atoms with E-state index in [9.17, 15) is 0 Å². The third kappa shape index (κ3) is 1.19. The molecule has 2 nitrogen and oxygen atoms in total. The van der Waals surface area contributed by atoms with Crippen LogP contribution in [0.2, 0.25) is 0 Å². The van der Waals surface area contributed by atoms with E-state index >= 15 is 0 Å². The summed E-state index contributed by atoms with van der Waals surface area (Å²) >= 11 is 2.44. The van der Waals surface area contributed by atoms with Crippen LogP contribution in [0, 0.1) is 5.41 Å². The third-order valence-corrected chi connectivity index (χ3v) is 3.55. The van der Waals surface area contributed by atoms with Crippen molar-refractivity contribution in [1.82, 2.24) is 8.43 Å². The number of nitrogens with one attached hydrogen (secondary N) is 1. The fourth-order valence-electron chi connectivity index (χ4n) is 2.02. The maximum atomic E-state index is 3.45. The van der Waals surface area contributed by atoms with Crippen molar-refractivity contribution >= 4 is 22.9 Å². The molecule has 0 radical (unpaired) electrons. The van der Waals surface area contributed by atoms with Crippen LogP contribution in [0.5, 0.6) is 0 Å². The molecule has 2 aliphatic rings. The van der Waals surface area contributed by atoms with Crippen LogP contribution in [-0.4, -0.2) is 29.3 Å². The van der Waals surface area contributed by atoms with E-state index < -0.39 is 0 Å². The Hall–Kier alpha value is 0.650. The highest BCUT2D eigenvalue weighted by Gasteiger charge is 2.39.